The molecular weight excluding hydrogens is 244 g/mol. The fourth-order valence-electron chi connectivity index (χ4n) is 2.48. The second kappa shape index (κ2) is 7.08. The molecule has 0 atom stereocenters. The van der Waals surface area contributed by atoms with E-state index in [2.05, 4.69) is 25.7 Å². The lowest BCUT2D eigenvalue weighted by Crippen LogP contribution is -2.14. The Hall–Kier alpha value is -1.63. The van der Waals surface area contributed by atoms with E-state index in [9.17, 15) is 0 Å². The van der Waals surface area contributed by atoms with Crippen molar-refractivity contribution in [3.63, 3.8) is 0 Å². The molecule has 0 bridgehead atoms. The number of ether oxygens (including phenoxy) is 1. The summed E-state index contributed by atoms with van der Waals surface area (Å²) in [6.45, 7) is 0.855. The fourth-order valence-corrected chi connectivity index (χ4v) is 2.48. The van der Waals surface area contributed by atoms with E-state index in [1.54, 1.807) is 0 Å². The first-order chi connectivity index (χ1) is 9.31. The molecule has 7 heteroatoms. The van der Waals surface area contributed by atoms with E-state index in [-0.39, 0.29) is 6.01 Å². The van der Waals surface area contributed by atoms with Gasteiger partial charge in [0.2, 0.25) is 11.9 Å². The minimum absolute atomic E-state index is 0.251. The summed E-state index contributed by atoms with van der Waals surface area (Å²) in [5.74, 6) is 6.99. The number of methoxy groups -OCH3 is 1. The van der Waals surface area contributed by atoms with Crippen molar-refractivity contribution in [2.24, 2.45) is 11.8 Å². The van der Waals surface area contributed by atoms with Crippen LogP contribution in [0.3, 0.4) is 0 Å². The van der Waals surface area contributed by atoms with Gasteiger partial charge in [-0.25, -0.2) is 5.84 Å². The monoisotopic (exact) mass is 266 g/mol. The average molecular weight is 266 g/mol. The highest BCUT2D eigenvalue weighted by molar-refractivity contribution is 5.34. The molecule has 4 N–H and O–H groups in total. The van der Waals surface area contributed by atoms with E-state index in [1.165, 1.54) is 39.2 Å². The van der Waals surface area contributed by atoms with Crippen LogP contribution in [0.1, 0.15) is 38.5 Å². The van der Waals surface area contributed by atoms with Gasteiger partial charge >= 0.3 is 6.01 Å². The molecule has 106 valence electrons. The molecule has 0 saturated heterocycles. The van der Waals surface area contributed by atoms with E-state index < -0.39 is 0 Å². The Morgan fingerprint density at radius 3 is 2.63 bits per heavy atom. The van der Waals surface area contributed by atoms with Crippen molar-refractivity contribution in [1.29, 1.82) is 0 Å². The van der Waals surface area contributed by atoms with Crippen LogP contribution in [0.5, 0.6) is 6.01 Å². The molecule has 0 spiro atoms. The van der Waals surface area contributed by atoms with E-state index in [0.29, 0.717) is 11.9 Å². The Kier molecular flexibility index (Phi) is 5.14. The van der Waals surface area contributed by atoms with Crippen molar-refractivity contribution in [1.82, 2.24) is 15.0 Å². The number of nitrogens with one attached hydrogen (secondary N) is 2. The molecule has 7 nitrogen and oxygen atoms in total. The summed E-state index contributed by atoms with van der Waals surface area (Å²) >= 11 is 0. The van der Waals surface area contributed by atoms with Crippen LogP contribution in [0, 0.1) is 5.92 Å². The Bertz CT molecular complexity index is 372. The minimum atomic E-state index is 0.251. The van der Waals surface area contributed by atoms with Gasteiger partial charge < -0.3 is 10.1 Å². The second-order valence-electron chi connectivity index (χ2n) is 4.83. The van der Waals surface area contributed by atoms with Crippen molar-refractivity contribution in [3.05, 3.63) is 0 Å². The highest BCUT2D eigenvalue weighted by atomic mass is 16.5. The second-order valence-corrected chi connectivity index (χ2v) is 4.83. The van der Waals surface area contributed by atoms with Gasteiger partial charge in [-0.05, 0) is 18.8 Å². The summed E-state index contributed by atoms with van der Waals surface area (Å²) in [6.07, 6.45) is 7.98. The predicted octanol–water partition coefficient (Wildman–Crippen LogP) is 1.55. The molecule has 0 radical (unpaired) electrons. The maximum Gasteiger partial charge on any atom is 0.322 e. The zero-order valence-electron chi connectivity index (χ0n) is 11.4. The van der Waals surface area contributed by atoms with Gasteiger partial charge in [0.15, 0.2) is 0 Å². The highest BCUT2D eigenvalue weighted by Gasteiger charge is 2.14. The molecule has 1 aliphatic rings. The molecule has 1 saturated carbocycles. The summed E-state index contributed by atoms with van der Waals surface area (Å²) in [7, 11) is 1.51. The molecule has 1 aromatic heterocycles. The first-order valence-electron chi connectivity index (χ1n) is 6.82. The van der Waals surface area contributed by atoms with Crippen LogP contribution in [-0.2, 0) is 0 Å². The van der Waals surface area contributed by atoms with Gasteiger partial charge in [0.25, 0.3) is 0 Å². The van der Waals surface area contributed by atoms with E-state index in [4.69, 9.17) is 10.6 Å². The number of hydrazine groups is 1. The summed E-state index contributed by atoms with van der Waals surface area (Å²) in [5, 5.41) is 3.18. The van der Waals surface area contributed by atoms with Gasteiger partial charge in [-0.15, -0.1) is 0 Å². The lowest BCUT2D eigenvalue weighted by atomic mass is 10.0. The molecule has 0 amide bonds. The van der Waals surface area contributed by atoms with Crippen LogP contribution in [0.25, 0.3) is 0 Å². The Balaban J connectivity index is 1.77. The summed E-state index contributed by atoms with van der Waals surface area (Å²) in [5.41, 5.74) is 2.40. The SMILES string of the molecule is COc1nc(NN)nc(NCCCC2CCCC2)n1. The molecule has 0 aliphatic heterocycles. The molecule has 19 heavy (non-hydrogen) atoms. The number of aromatic nitrogens is 3. The minimum Gasteiger partial charge on any atom is -0.467 e. The third-order valence-electron chi connectivity index (χ3n) is 3.47. The van der Waals surface area contributed by atoms with Crippen LogP contribution >= 0.6 is 0 Å². The lowest BCUT2D eigenvalue weighted by Gasteiger charge is -2.10. The smallest absolute Gasteiger partial charge is 0.322 e. The van der Waals surface area contributed by atoms with Crippen LogP contribution in [0.4, 0.5) is 11.9 Å². The van der Waals surface area contributed by atoms with Crippen molar-refractivity contribution in [3.8, 4) is 6.01 Å². The van der Waals surface area contributed by atoms with Gasteiger partial charge in [0, 0.05) is 6.54 Å². The number of hydrogen-bond donors (Lipinski definition) is 3. The quantitative estimate of drug-likeness (QED) is 0.391. The van der Waals surface area contributed by atoms with Gasteiger partial charge in [0.1, 0.15) is 0 Å². The normalized spacial score (nSPS) is 15.5. The zero-order valence-corrected chi connectivity index (χ0v) is 11.4. The molecule has 1 aliphatic carbocycles. The van der Waals surface area contributed by atoms with Crippen molar-refractivity contribution < 1.29 is 4.74 Å². The van der Waals surface area contributed by atoms with Crippen molar-refractivity contribution in [2.75, 3.05) is 24.4 Å². The van der Waals surface area contributed by atoms with Gasteiger partial charge in [0.05, 0.1) is 7.11 Å². The Morgan fingerprint density at radius 2 is 1.95 bits per heavy atom. The molecular formula is C12H22N6O. The predicted molar refractivity (Wildman–Crippen MR) is 73.9 cm³/mol. The first kappa shape index (κ1) is 13.8. The molecule has 1 aromatic rings. The number of nitrogens with two attached hydrogens (primary N) is 1. The van der Waals surface area contributed by atoms with Crippen molar-refractivity contribution >= 4 is 11.9 Å². The standard InChI is InChI=1S/C12H22N6O/c1-19-12-16-10(15-11(17-12)18-13)14-8-4-7-9-5-2-3-6-9/h9H,2-8,13H2,1H3,(H2,14,15,16,17,18). The lowest BCUT2D eigenvalue weighted by molar-refractivity contribution is 0.379. The number of nitrogen functional groups attached to an aromatic ring is 1. The van der Waals surface area contributed by atoms with Crippen LogP contribution < -0.4 is 21.3 Å². The summed E-state index contributed by atoms with van der Waals surface area (Å²) < 4.78 is 4.99. The summed E-state index contributed by atoms with van der Waals surface area (Å²) in [4.78, 5) is 12.2. The molecule has 2 rings (SSSR count). The third-order valence-corrected chi connectivity index (χ3v) is 3.47. The van der Waals surface area contributed by atoms with Crippen LogP contribution in [0.2, 0.25) is 0 Å². The molecule has 0 aromatic carbocycles. The van der Waals surface area contributed by atoms with Gasteiger partial charge in [-0.2, -0.15) is 15.0 Å². The number of anilines is 2. The summed E-state index contributed by atoms with van der Waals surface area (Å²) in [6, 6.07) is 0.251. The maximum atomic E-state index is 5.29. The van der Waals surface area contributed by atoms with E-state index in [1.807, 2.05) is 0 Å². The van der Waals surface area contributed by atoms with Crippen LogP contribution in [-0.4, -0.2) is 28.6 Å². The number of rotatable bonds is 7. The third kappa shape index (κ3) is 4.20. The average Bonchev–Trinajstić information content (AvgIpc) is 2.96. The number of hydrogen-bond acceptors (Lipinski definition) is 7. The van der Waals surface area contributed by atoms with Gasteiger partial charge in [-0.1, -0.05) is 25.7 Å². The van der Waals surface area contributed by atoms with Crippen molar-refractivity contribution in [2.45, 2.75) is 38.5 Å². The Labute approximate surface area is 113 Å². The first-order valence-corrected chi connectivity index (χ1v) is 6.82. The molecule has 0 unspecified atom stereocenters. The maximum absolute atomic E-state index is 5.29. The zero-order chi connectivity index (χ0) is 13.5. The van der Waals surface area contributed by atoms with E-state index in [0.717, 1.165) is 18.9 Å². The van der Waals surface area contributed by atoms with E-state index >= 15 is 0 Å². The Morgan fingerprint density at radius 1 is 1.21 bits per heavy atom. The largest absolute Gasteiger partial charge is 0.467 e. The van der Waals surface area contributed by atoms with Gasteiger partial charge in [-0.3, -0.25) is 5.43 Å². The topological polar surface area (TPSA) is 98.0 Å². The molecule has 1 fully saturated rings. The number of nitrogens with zero attached hydrogens (tertiary/aromatic N) is 3. The highest BCUT2D eigenvalue weighted by Crippen LogP contribution is 2.28. The fraction of sp³-hybridized carbons (Fsp3) is 0.750. The molecule has 1 heterocycles. The van der Waals surface area contributed by atoms with Crippen LogP contribution in [0.15, 0.2) is 0 Å².